The van der Waals surface area contributed by atoms with Crippen molar-refractivity contribution in [1.29, 1.82) is 0 Å². The molecule has 2 aromatic rings. The minimum atomic E-state index is -4.00. The van der Waals surface area contributed by atoms with Crippen LogP contribution < -0.4 is 0 Å². The Balaban J connectivity index is 2.52. The van der Waals surface area contributed by atoms with Crippen LogP contribution in [0, 0.1) is 10.1 Å². The van der Waals surface area contributed by atoms with Crippen LogP contribution in [-0.2, 0) is 16.1 Å². The first-order valence-corrected chi connectivity index (χ1v) is 7.52. The first kappa shape index (κ1) is 12.9. The van der Waals surface area contributed by atoms with E-state index in [0.717, 1.165) is 15.9 Å². The minimum Gasteiger partial charge on any atom is -0.299 e. The zero-order valence-electron chi connectivity index (χ0n) is 8.77. The van der Waals surface area contributed by atoms with Crippen molar-refractivity contribution in [2.45, 2.75) is 5.16 Å². The number of aromatic nitrogens is 3. The topological polar surface area (TPSA) is 108 Å². The first-order chi connectivity index (χ1) is 8.30. The van der Waals surface area contributed by atoms with E-state index in [4.69, 9.17) is 10.7 Å². The normalized spacial score (nSPS) is 11.7. The predicted molar refractivity (Wildman–Crippen MR) is 64.0 cm³/mol. The Morgan fingerprint density at radius 1 is 1.44 bits per heavy atom. The van der Waals surface area contributed by atoms with Crippen LogP contribution >= 0.6 is 22.0 Å². The van der Waals surface area contributed by atoms with E-state index in [1.165, 1.54) is 19.2 Å². The van der Waals surface area contributed by atoms with Gasteiger partial charge in [-0.2, -0.15) is 0 Å². The fraction of sp³-hybridized carbons (Fsp3) is 0.143. The van der Waals surface area contributed by atoms with Crippen molar-refractivity contribution < 1.29 is 13.3 Å². The Morgan fingerprint density at radius 3 is 2.56 bits per heavy atom. The summed E-state index contributed by atoms with van der Waals surface area (Å²) >= 11 is 0.872. The van der Waals surface area contributed by atoms with Gasteiger partial charge in [-0.3, -0.25) is 14.7 Å². The Kier molecular flexibility index (Phi) is 3.09. The maximum atomic E-state index is 11.1. The molecule has 0 aliphatic rings. The molecule has 0 bridgehead atoms. The molecule has 8 nitrogen and oxygen atoms in total. The van der Waals surface area contributed by atoms with Gasteiger partial charge in [0.05, 0.1) is 9.80 Å². The average molecular weight is 309 g/mol. The number of hydrogen-bond acceptors (Lipinski definition) is 7. The average Bonchev–Trinajstić information content (AvgIpc) is 2.81. The molecule has 2 heterocycles. The molecule has 0 aromatic carbocycles. The van der Waals surface area contributed by atoms with Crippen molar-refractivity contribution in [2.75, 3.05) is 0 Å². The van der Waals surface area contributed by atoms with Crippen LogP contribution in [0.4, 0.5) is 5.00 Å². The molecule has 11 heteroatoms. The first-order valence-electron chi connectivity index (χ1n) is 4.39. The van der Waals surface area contributed by atoms with Crippen LogP contribution in [0.3, 0.4) is 0 Å². The van der Waals surface area contributed by atoms with Crippen LogP contribution in [0.15, 0.2) is 17.3 Å². The number of halogens is 1. The molecule has 0 radical (unpaired) electrons. The lowest BCUT2D eigenvalue weighted by Gasteiger charge is -1.98. The lowest BCUT2D eigenvalue weighted by Crippen LogP contribution is -2.02. The molecule has 0 unspecified atom stereocenters. The second-order valence-corrected chi connectivity index (χ2v) is 6.72. The van der Waals surface area contributed by atoms with E-state index in [0.29, 0.717) is 4.88 Å². The Morgan fingerprint density at radius 2 is 2.11 bits per heavy atom. The van der Waals surface area contributed by atoms with Crippen LogP contribution in [0.1, 0.15) is 0 Å². The van der Waals surface area contributed by atoms with Crippen LogP contribution in [0.5, 0.6) is 0 Å². The van der Waals surface area contributed by atoms with E-state index in [-0.39, 0.29) is 10.8 Å². The number of rotatable bonds is 3. The Bertz CT molecular complexity index is 720. The maximum Gasteiger partial charge on any atom is 0.324 e. The Hall–Kier alpha value is -1.52. The molecular formula is C7H5ClN4O4S2. The Labute approximate surface area is 109 Å². The molecule has 0 fully saturated rings. The van der Waals surface area contributed by atoms with E-state index >= 15 is 0 Å². The summed E-state index contributed by atoms with van der Waals surface area (Å²) in [7, 11) is 2.58. The standard InChI is InChI=1S/C7H5ClN4O4S2/c1-11-6(9-10-7(11)18(8,15)16)4-2-3-5(17-4)12(13)14/h2-3H,1H3. The van der Waals surface area contributed by atoms with E-state index in [9.17, 15) is 18.5 Å². The maximum absolute atomic E-state index is 11.1. The third-order valence-corrected chi connectivity index (χ3v) is 4.28. The highest BCUT2D eigenvalue weighted by Gasteiger charge is 2.22. The highest BCUT2D eigenvalue weighted by atomic mass is 35.7. The van der Waals surface area contributed by atoms with E-state index in [2.05, 4.69) is 10.2 Å². The van der Waals surface area contributed by atoms with Crippen LogP contribution in [-0.4, -0.2) is 28.1 Å². The van der Waals surface area contributed by atoms with Gasteiger partial charge in [-0.15, -0.1) is 10.2 Å². The molecule has 2 aromatic heterocycles. The molecule has 0 N–H and O–H groups in total. The zero-order chi connectivity index (χ0) is 13.5. The number of nitrogens with zero attached hydrogens (tertiary/aromatic N) is 4. The fourth-order valence-corrected chi connectivity index (χ4v) is 3.08. The summed E-state index contributed by atoms with van der Waals surface area (Å²) in [6, 6.07) is 2.78. The van der Waals surface area contributed by atoms with Gasteiger partial charge in [-0.25, -0.2) is 8.42 Å². The van der Waals surface area contributed by atoms with Gasteiger partial charge in [0.1, 0.15) is 0 Å². The smallest absolute Gasteiger partial charge is 0.299 e. The molecule has 0 atom stereocenters. The molecule has 0 aliphatic carbocycles. The van der Waals surface area contributed by atoms with Gasteiger partial charge in [-0.1, -0.05) is 11.3 Å². The summed E-state index contributed by atoms with van der Waals surface area (Å²) in [6.45, 7) is 0. The molecule has 0 saturated heterocycles. The van der Waals surface area contributed by atoms with Gasteiger partial charge in [0.2, 0.25) is 0 Å². The molecular weight excluding hydrogens is 304 g/mol. The summed E-state index contributed by atoms with van der Waals surface area (Å²) in [5.74, 6) is 0.201. The summed E-state index contributed by atoms with van der Waals surface area (Å²) < 4.78 is 23.5. The molecule has 0 spiro atoms. The molecule has 0 amide bonds. The molecule has 18 heavy (non-hydrogen) atoms. The second-order valence-electron chi connectivity index (χ2n) is 3.20. The second kappa shape index (κ2) is 4.30. The monoisotopic (exact) mass is 308 g/mol. The van der Waals surface area contributed by atoms with Crippen molar-refractivity contribution in [1.82, 2.24) is 14.8 Å². The lowest BCUT2D eigenvalue weighted by molar-refractivity contribution is -0.380. The number of nitro groups is 1. The predicted octanol–water partition coefficient (Wildman–Crippen LogP) is 1.38. The van der Waals surface area contributed by atoms with E-state index < -0.39 is 19.1 Å². The van der Waals surface area contributed by atoms with Gasteiger partial charge in [0.25, 0.3) is 14.2 Å². The molecule has 0 aliphatic heterocycles. The third-order valence-electron chi connectivity index (χ3n) is 2.05. The van der Waals surface area contributed by atoms with Gasteiger partial charge in [0, 0.05) is 23.8 Å². The van der Waals surface area contributed by atoms with Crippen LogP contribution in [0.2, 0.25) is 0 Å². The fourth-order valence-electron chi connectivity index (χ4n) is 1.29. The minimum absolute atomic E-state index is 0.0664. The van der Waals surface area contributed by atoms with E-state index in [1.54, 1.807) is 0 Å². The molecule has 2 rings (SSSR count). The number of thiophene rings is 1. The summed E-state index contributed by atoms with van der Waals surface area (Å²) in [5.41, 5.74) is 0. The van der Waals surface area contributed by atoms with Crippen molar-refractivity contribution in [2.24, 2.45) is 7.05 Å². The highest BCUT2D eigenvalue weighted by molar-refractivity contribution is 8.13. The highest BCUT2D eigenvalue weighted by Crippen LogP contribution is 2.32. The van der Waals surface area contributed by atoms with Crippen molar-refractivity contribution in [3.05, 3.63) is 22.2 Å². The van der Waals surface area contributed by atoms with Gasteiger partial charge in [0.15, 0.2) is 5.82 Å². The largest absolute Gasteiger partial charge is 0.324 e. The van der Waals surface area contributed by atoms with Gasteiger partial charge in [-0.05, 0) is 6.07 Å². The van der Waals surface area contributed by atoms with Crippen molar-refractivity contribution in [3.63, 3.8) is 0 Å². The third kappa shape index (κ3) is 2.21. The van der Waals surface area contributed by atoms with Crippen molar-refractivity contribution in [3.8, 4) is 10.7 Å². The van der Waals surface area contributed by atoms with Crippen LogP contribution in [0.25, 0.3) is 10.7 Å². The molecule has 0 saturated carbocycles. The van der Waals surface area contributed by atoms with Gasteiger partial charge < -0.3 is 0 Å². The summed E-state index contributed by atoms with van der Waals surface area (Å²) in [4.78, 5) is 10.4. The SMILES string of the molecule is Cn1c(-c2ccc([N+](=O)[O-])s2)nnc1S(=O)(=O)Cl. The summed E-state index contributed by atoms with van der Waals surface area (Å²) in [5, 5.41) is 17.2. The number of hydrogen-bond donors (Lipinski definition) is 0. The lowest BCUT2D eigenvalue weighted by atomic mass is 10.4. The molecule has 96 valence electrons. The van der Waals surface area contributed by atoms with Crippen molar-refractivity contribution >= 4 is 36.1 Å². The summed E-state index contributed by atoms with van der Waals surface area (Å²) in [6.07, 6.45) is 0. The quantitative estimate of drug-likeness (QED) is 0.481. The van der Waals surface area contributed by atoms with E-state index in [1.807, 2.05) is 0 Å². The van der Waals surface area contributed by atoms with Gasteiger partial charge >= 0.3 is 5.00 Å². The zero-order valence-corrected chi connectivity index (χ0v) is 11.2.